The zero-order chi connectivity index (χ0) is 16.8. The zero-order valence-electron chi connectivity index (χ0n) is 13.1. The molecule has 1 aliphatic heterocycles. The number of anilines is 1. The van der Waals surface area contributed by atoms with E-state index in [0.29, 0.717) is 28.4 Å². The van der Waals surface area contributed by atoms with Gasteiger partial charge in [-0.1, -0.05) is 0 Å². The molecule has 0 radical (unpaired) electrons. The first-order valence-electron chi connectivity index (χ1n) is 7.12. The molecule has 2 heterocycles. The molecule has 122 valence electrons. The van der Waals surface area contributed by atoms with E-state index in [9.17, 15) is 13.2 Å². The number of sulfonamides is 1. The number of methoxy groups -OCH3 is 1. The number of ether oxygens (including phenoxy) is 1. The van der Waals surface area contributed by atoms with Gasteiger partial charge in [-0.25, -0.2) is 8.42 Å². The summed E-state index contributed by atoms with van der Waals surface area (Å²) in [5.74, 6) is 0.429. The van der Waals surface area contributed by atoms with Crippen LogP contribution in [0.4, 0.5) is 5.69 Å². The van der Waals surface area contributed by atoms with Crippen LogP contribution in [0.5, 0.6) is 5.75 Å². The molecule has 0 fully saturated rings. The highest BCUT2D eigenvalue weighted by Gasteiger charge is 2.35. The summed E-state index contributed by atoms with van der Waals surface area (Å²) < 4.78 is 32.5. The number of carbonyl (C=O) groups is 1. The second-order valence-corrected chi connectivity index (χ2v) is 7.20. The molecule has 2 aromatic rings. The number of hydrogen-bond donors (Lipinski definition) is 1. The fourth-order valence-corrected chi connectivity index (χ4v) is 4.64. The number of carbonyl (C=O) groups excluding carboxylic acids is 1. The number of nitrogens with one attached hydrogen (secondary N) is 1. The van der Waals surface area contributed by atoms with Crippen molar-refractivity contribution in [1.82, 2.24) is 10.2 Å². The SMILES string of the molecule is COc1ccc2c(c1)C(=O)CCN2S(=O)(=O)c1c(C)n[nH]c1C. The van der Waals surface area contributed by atoms with E-state index in [2.05, 4.69) is 10.2 Å². The number of aromatic amines is 1. The fraction of sp³-hybridized carbons (Fsp3) is 0.333. The van der Waals surface area contributed by atoms with Crippen LogP contribution < -0.4 is 9.04 Å². The largest absolute Gasteiger partial charge is 0.497 e. The lowest BCUT2D eigenvalue weighted by atomic mass is 10.0. The van der Waals surface area contributed by atoms with Crippen molar-refractivity contribution in [1.29, 1.82) is 0 Å². The van der Waals surface area contributed by atoms with E-state index in [0.717, 1.165) is 0 Å². The van der Waals surface area contributed by atoms with Crippen LogP contribution in [0, 0.1) is 13.8 Å². The average molecular weight is 335 g/mol. The Hall–Kier alpha value is -2.35. The van der Waals surface area contributed by atoms with E-state index in [-0.39, 0.29) is 23.6 Å². The summed E-state index contributed by atoms with van der Waals surface area (Å²) in [6.07, 6.45) is 0.134. The number of rotatable bonds is 3. The highest BCUT2D eigenvalue weighted by atomic mass is 32.2. The first-order valence-corrected chi connectivity index (χ1v) is 8.56. The van der Waals surface area contributed by atoms with Gasteiger partial charge in [0.25, 0.3) is 10.0 Å². The van der Waals surface area contributed by atoms with Gasteiger partial charge < -0.3 is 4.74 Å². The van der Waals surface area contributed by atoms with Gasteiger partial charge in [-0.3, -0.25) is 14.2 Å². The molecule has 7 nitrogen and oxygen atoms in total. The Balaban J connectivity index is 2.16. The van der Waals surface area contributed by atoms with Crippen molar-refractivity contribution in [3.8, 4) is 5.75 Å². The third kappa shape index (κ3) is 2.39. The summed E-state index contributed by atoms with van der Waals surface area (Å²) in [6.45, 7) is 3.42. The van der Waals surface area contributed by atoms with Gasteiger partial charge >= 0.3 is 0 Å². The summed E-state index contributed by atoms with van der Waals surface area (Å²) in [6, 6.07) is 4.83. The van der Waals surface area contributed by atoms with Crippen LogP contribution in [0.15, 0.2) is 23.1 Å². The maximum Gasteiger partial charge on any atom is 0.268 e. The van der Waals surface area contributed by atoms with Crippen molar-refractivity contribution < 1.29 is 17.9 Å². The molecule has 0 atom stereocenters. The minimum Gasteiger partial charge on any atom is -0.497 e. The Labute approximate surface area is 134 Å². The number of H-pyrrole nitrogens is 1. The fourth-order valence-electron chi connectivity index (χ4n) is 2.82. The minimum atomic E-state index is -3.79. The Bertz CT molecular complexity index is 867. The Morgan fingerprint density at radius 3 is 2.65 bits per heavy atom. The summed E-state index contributed by atoms with van der Waals surface area (Å²) in [4.78, 5) is 12.3. The third-order valence-corrected chi connectivity index (χ3v) is 6.00. The minimum absolute atomic E-state index is 0.0917. The van der Waals surface area contributed by atoms with Crippen LogP contribution in [0.1, 0.15) is 28.2 Å². The van der Waals surface area contributed by atoms with E-state index in [1.807, 2.05) is 0 Å². The topological polar surface area (TPSA) is 92.4 Å². The van der Waals surface area contributed by atoms with Crippen LogP contribution in [-0.4, -0.2) is 38.1 Å². The van der Waals surface area contributed by atoms with Crippen LogP contribution >= 0.6 is 0 Å². The van der Waals surface area contributed by atoms with Crippen LogP contribution in [0.2, 0.25) is 0 Å². The molecule has 0 unspecified atom stereocenters. The molecule has 0 spiro atoms. The number of aryl methyl sites for hydroxylation is 2. The lowest BCUT2D eigenvalue weighted by molar-refractivity contribution is 0.0981. The summed E-state index contributed by atoms with van der Waals surface area (Å²) in [5.41, 5.74) is 1.63. The predicted octanol–water partition coefficient (Wildman–Crippen LogP) is 1.82. The summed E-state index contributed by atoms with van der Waals surface area (Å²) in [7, 11) is -2.29. The number of aromatic nitrogens is 2. The molecule has 1 aromatic heterocycles. The third-order valence-electron chi connectivity index (χ3n) is 3.92. The van der Waals surface area contributed by atoms with E-state index in [4.69, 9.17) is 4.74 Å². The van der Waals surface area contributed by atoms with E-state index >= 15 is 0 Å². The normalized spacial score (nSPS) is 14.7. The number of benzene rings is 1. The molecule has 1 N–H and O–H groups in total. The average Bonchev–Trinajstić information content (AvgIpc) is 2.86. The lowest BCUT2D eigenvalue weighted by Crippen LogP contribution is -2.37. The van der Waals surface area contributed by atoms with Gasteiger partial charge in [0.1, 0.15) is 10.6 Å². The second kappa shape index (κ2) is 5.38. The summed E-state index contributed by atoms with van der Waals surface area (Å²) >= 11 is 0. The highest BCUT2D eigenvalue weighted by Crippen LogP contribution is 2.35. The summed E-state index contributed by atoms with van der Waals surface area (Å²) in [5, 5.41) is 6.65. The van der Waals surface area contributed by atoms with Gasteiger partial charge in [-0.05, 0) is 32.0 Å². The molecule has 23 heavy (non-hydrogen) atoms. The number of ketones is 1. The van der Waals surface area contributed by atoms with Gasteiger partial charge in [-0.15, -0.1) is 0 Å². The smallest absolute Gasteiger partial charge is 0.268 e. The first kappa shape index (κ1) is 15.5. The molecule has 1 aliphatic rings. The second-order valence-electron chi connectivity index (χ2n) is 5.40. The quantitative estimate of drug-likeness (QED) is 0.923. The molecule has 3 rings (SSSR count). The standard InChI is InChI=1S/C15H17N3O4S/c1-9-15(10(2)17-16-9)23(20,21)18-7-6-14(19)12-8-11(22-3)4-5-13(12)18/h4-5,8H,6-7H2,1-3H3,(H,16,17). The zero-order valence-corrected chi connectivity index (χ0v) is 13.9. The Morgan fingerprint density at radius 1 is 1.30 bits per heavy atom. The van der Waals surface area contributed by atoms with Crippen LogP contribution in [0.25, 0.3) is 0 Å². The highest BCUT2D eigenvalue weighted by molar-refractivity contribution is 7.93. The maximum atomic E-state index is 13.0. The van der Waals surface area contributed by atoms with E-state index < -0.39 is 10.0 Å². The van der Waals surface area contributed by atoms with Crippen molar-refractivity contribution in [3.05, 3.63) is 35.2 Å². The predicted molar refractivity (Wildman–Crippen MR) is 84.5 cm³/mol. The molecular formula is C15H17N3O4S. The van der Waals surface area contributed by atoms with Gasteiger partial charge in [0.15, 0.2) is 5.78 Å². The monoisotopic (exact) mass is 335 g/mol. The van der Waals surface area contributed by atoms with Gasteiger partial charge in [0.05, 0.1) is 24.2 Å². The molecule has 8 heteroatoms. The Morgan fingerprint density at radius 2 is 2.04 bits per heavy atom. The van der Waals surface area contributed by atoms with Crippen molar-refractivity contribution in [3.63, 3.8) is 0 Å². The van der Waals surface area contributed by atoms with Crippen LogP contribution in [0.3, 0.4) is 0 Å². The number of fused-ring (bicyclic) bond motifs is 1. The van der Waals surface area contributed by atoms with E-state index in [1.54, 1.807) is 32.0 Å². The Kier molecular flexibility index (Phi) is 3.63. The van der Waals surface area contributed by atoms with Crippen molar-refractivity contribution >= 4 is 21.5 Å². The molecule has 0 aliphatic carbocycles. The molecule has 0 saturated heterocycles. The maximum absolute atomic E-state index is 13.0. The van der Waals surface area contributed by atoms with Crippen LogP contribution in [-0.2, 0) is 10.0 Å². The molecule has 0 bridgehead atoms. The number of nitrogens with zero attached hydrogens (tertiary/aromatic N) is 2. The number of Topliss-reactive ketones (excluding diaryl/α,β-unsaturated/α-hetero) is 1. The van der Waals surface area contributed by atoms with E-state index in [1.165, 1.54) is 11.4 Å². The van der Waals surface area contributed by atoms with Gasteiger partial charge in [0, 0.05) is 18.5 Å². The van der Waals surface area contributed by atoms with Gasteiger partial charge in [-0.2, -0.15) is 5.10 Å². The molecular weight excluding hydrogens is 318 g/mol. The molecule has 0 amide bonds. The molecule has 0 saturated carbocycles. The van der Waals surface area contributed by atoms with Crippen molar-refractivity contribution in [2.24, 2.45) is 0 Å². The molecule has 1 aromatic carbocycles. The first-order chi connectivity index (χ1) is 10.9. The number of hydrogen-bond acceptors (Lipinski definition) is 5. The van der Waals surface area contributed by atoms with Gasteiger partial charge in [0.2, 0.25) is 0 Å². The lowest BCUT2D eigenvalue weighted by Gasteiger charge is -2.30. The van der Waals surface area contributed by atoms with Crippen molar-refractivity contribution in [2.45, 2.75) is 25.2 Å². The van der Waals surface area contributed by atoms with Crippen molar-refractivity contribution in [2.75, 3.05) is 18.0 Å².